The van der Waals surface area contributed by atoms with Crippen LogP contribution in [-0.2, 0) is 0 Å². The van der Waals surface area contributed by atoms with Crippen molar-refractivity contribution < 1.29 is 0 Å². The van der Waals surface area contributed by atoms with E-state index in [1.54, 1.807) is 0 Å². The maximum atomic E-state index is 2.22. The molecule has 0 saturated carbocycles. The van der Waals surface area contributed by atoms with Gasteiger partial charge >= 0.3 is 0 Å². The van der Waals surface area contributed by atoms with E-state index in [9.17, 15) is 0 Å². The fourth-order valence-electron chi connectivity index (χ4n) is 0. The van der Waals surface area contributed by atoms with Crippen molar-refractivity contribution in [3.63, 3.8) is 0 Å². The zero-order valence-electron chi connectivity index (χ0n) is 8.41. The van der Waals surface area contributed by atoms with Crippen molar-refractivity contribution in [3.05, 3.63) is 0 Å². The third kappa shape index (κ3) is 39.6. The smallest absolute Gasteiger partial charge is 0.0474 e. The maximum absolute atomic E-state index is 2.22. The molecule has 1 atom stereocenters. The second-order valence-electron chi connectivity index (χ2n) is 2.80. The molecule has 66 valence electrons. The number of hydrogen-bond acceptors (Lipinski definition) is 0. The van der Waals surface area contributed by atoms with Gasteiger partial charge in [0.05, 0.1) is 0 Å². The summed E-state index contributed by atoms with van der Waals surface area (Å²) in [6.07, 6.45) is 3.94. The Hall–Kier alpha value is 0.430. The molecule has 0 aromatic heterocycles. The van der Waals surface area contributed by atoms with Crippen LogP contribution < -0.4 is 0 Å². The summed E-state index contributed by atoms with van der Waals surface area (Å²) in [5.74, 6) is 0.884. The van der Waals surface area contributed by atoms with Gasteiger partial charge in [-0.25, -0.2) is 0 Å². The van der Waals surface area contributed by atoms with Crippen molar-refractivity contribution in [1.29, 1.82) is 0 Å². The molecule has 1 unspecified atom stereocenters. The summed E-state index contributed by atoms with van der Waals surface area (Å²) in [6, 6.07) is 0. The molecule has 0 bridgehead atoms. The van der Waals surface area contributed by atoms with Crippen LogP contribution in [0.1, 0.15) is 53.9 Å². The molecule has 0 aliphatic rings. The van der Waals surface area contributed by atoms with E-state index in [1.165, 1.54) is 19.3 Å². The molecule has 0 fully saturated rings. The van der Waals surface area contributed by atoms with Crippen LogP contribution in [0.5, 0.6) is 0 Å². The van der Waals surface area contributed by atoms with Crippen LogP contribution in [-0.4, -0.2) is 0 Å². The van der Waals surface area contributed by atoms with Gasteiger partial charge in [-0.1, -0.05) is 53.9 Å². The highest BCUT2D eigenvalue weighted by Crippen LogP contribution is 1.93. The van der Waals surface area contributed by atoms with E-state index >= 15 is 0 Å². The lowest BCUT2D eigenvalue weighted by Crippen LogP contribution is -1.77. The van der Waals surface area contributed by atoms with Crippen molar-refractivity contribution in [2.75, 3.05) is 0 Å². The fourth-order valence-corrected chi connectivity index (χ4v) is 0. The topological polar surface area (TPSA) is 0 Å². The quantitative estimate of drug-likeness (QED) is 0.543. The van der Waals surface area contributed by atoms with Crippen molar-refractivity contribution >= 4 is 9.90 Å². The molecule has 0 aromatic rings. The molecule has 0 heterocycles. The molecule has 0 rings (SSSR count). The summed E-state index contributed by atoms with van der Waals surface area (Å²) in [4.78, 5) is 0. The normalized spacial score (nSPS) is 7.80. The first-order valence-corrected chi connectivity index (χ1v) is 4.18. The van der Waals surface area contributed by atoms with Gasteiger partial charge in [-0.15, -0.1) is 0 Å². The van der Waals surface area contributed by atoms with Crippen LogP contribution in [0.4, 0.5) is 0 Å². The highest BCUT2D eigenvalue weighted by Gasteiger charge is 1.80. The van der Waals surface area contributed by atoms with Crippen molar-refractivity contribution in [3.8, 4) is 0 Å². The van der Waals surface area contributed by atoms with Gasteiger partial charge in [0.15, 0.2) is 0 Å². The van der Waals surface area contributed by atoms with Gasteiger partial charge in [0.25, 0.3) is 0 Å². The Bertz CT molecular complexity index is 31.7. The van der Waals surface area contributed by atoms with Crippen LogP contribution >= 0.6 is 9.90 Å². The minimum atomic E-state index is 0. The lowest BCUT2D eigenvalue weighted by molar-refractivity contribution is 0.626. The average Bonchev–Trinajstić information content (AvgIpc) is 1.89. The standard InChI is InChI=1S/C5H12.C4H10.H3P/c1-4-5(2)3;1-3-4-2;/h5H,4H2,1-3H3;3-4H2,1-2H3;1H3. The fraction of sp³-hybridized carbons (Fsp3) is 1.00. The Morgan fingerprint density at radius 2 is 1.10 bits per heavy atom. The third-order valence-electron chi connectivity index (χ3n) is 1.32. The van der Waals surface area contributed by atoms with Crippen LogP contribution in [0.25, 0.3) is 0 Å². The summed E-state index contributed by atoms with van der Waals surface area (Å²) in [5, 5.41) is 0. The minimum absolute atomic E-state index is 0. The molecule has 0 spiro atoms. The molecule has 0 aliphatic heterocycles. The second-order valence-corrected chi connectivity index (χ2v) is 2.80. The average molecular weight is 164 g/mol. The molecular weight excluding hydrogens is 139 g/mol. The predicted octanol–water partition coefficient (Wildman–Crippen LogP) is 3.92. The lowest BCUT2D eigenvalue weighted by atomic mass is 10.2. The monoisotopic (exact) mass is 164 g/mol. The first-order valence-electron chi connectivity index (χ1n) is 4.18. The zero-order chi connectivity index (χ0) is 7.70. The van der Waals surface area contributed by atoms with Gasteiger partial charge in [-0.2, -0.15) is 9.90 Å². The van der Waals surface area contributed by atoms with Gasteiger partial charge in [-0.3, -0.25) is 0 Å². The molecule has 1 heteroatoms. The van der Waals surface area contributed by atoms with Crippen molar-refractivity contribution in [1.82, 2.24) is 0 Å². The Morgan fingerprint density at radius 1 is 0.900 bits per heavy atom. The van der Waals surface area contributed by atoms with Crippen molar-refractivity contribution in [2.24, 2.45) is 5.92 Å². The van der Waals surface area contributed by atoms with Gasteiger partial charge in [0.2, 0.25) is 0 Å². The van der Waals surface area contributed by atoms with Gasteiger partial charge in [0.1, 0.15) is 0 Å². The number of rotatable bonds is 2. The van der Waals surface area contributed by atoms with Crippen molar-refractivity contribution in [2.45, 2.75) is 53.9 Å². The lowest BCUT2D eigenvalue weighted by Gasteiger charge is -1.90. The second kappa shape index (κ2) is 16.2. The summed E-state index contributed by atoms with van der Waals surface area (Å²) in [5.41, 5.74) is 0. The van der Waals surface area contributed by atoms with E-state index < -0.39 is 0 Å². The van der Waals surface area contributed by atoms with Crippen LogP contribution in [0, 0.1) is 5.92 Å². The summed E-state index contributed by atoms with van der Waals surface area (Å²) in [6.45, 7) is 11.0. The number of hydrogen-bond donors (Lipinski definition) is 0. The van der Waals surface area contributed by atoms with E-state index in [4.69, 9.17) is 0 Å². The first kappa shape index (κ1) is 16.8. The zero-order valence-corrected chi connectivity index (χ0v) is 9.82. The van der Waals surface area contributed by atoms with Crippen LogP contribution in [0.3, 0.4) is 0 Å². The van der Waals surface area contributed by atoms with E-state index in [0.29, 0.717) is 0 Å². The molecule has 0 saturated heterocycles. The summed E-state index contributed by atoms with van der Waals surface area (Å²) in [7, 11) is 0. The van der Waals surface area contributed by atoms with Crippen LogP contribution in [0.2, 0.25) is 0 Å². The van der Waals surface area contributed by atoms with Gasteiger partial charge in [-0.05, 0) is 5.92 Å². The number of unbranched alkanes of at least 4 members (excludes halogenated alkanes) is 1. The Morgan fingerprint density at radius 3 is 1.10 bits per heavy atom. The van der Waals surface area contributed by atoms with Gasteiger partial charge in [0, 0.05) is 0 Å². The van der Waals surface area contributed by atoms with E-state index in [0.717, 1.165) is 5.92 Å². The predicted molar refractivity (Wildman–Crippen MR) is 56.8 cm³/mol. The van der Waals surface area contributed by atoms with E-state index in [1.807, 2.05) is 0 Å². The van der Waals surface area contributed by atoms with E-state index in [2.05, 4.69) is 34.6 Å². The molecule has 0 N–H and O–H groups in total. The largest absolute Gasteiger partial charge is 0.153 e. The SMILES string of the molecule is CCC(C)C.CCCC.P. The molecule has 0 nitrogen and oxygen atoms in total. The Balaban J connectivity index is -0.0000000910. The van der Waals surface area contributed by atoms with E-state index in [-0.39, 0.29) is 9.90 Å². The minimum Gasteiger partial charge on any atom is -0.153 e. The van der Waals surface area contributed by atoms with Gasteiger partial charge < -0.3 is 0 Å². The highest BCUT2D eigenvalue weighted by molar-refractivity contribution is 6.92. The third-order valence-corrected chi connectivity index (χ3v) is 1.32. The molecule has 0 radical (unpaired) electrons. The molecule has 0 aromatic carbocycles. The summed E-state index contributed by atoms with van der Waals surface area (Å²) >= 11 is 0. The Kier molecular flexibility index (Phi) is 27.2. The van der Waals surface area contributed by atoms with Crippen LogP contribution in [0.15, 0.2) is 0 Å². The first-order chi connectivity index (χ1) is 4.18. The maximum Gasteiger partial charge on any atom is -0.0474 e. The molecule has 0 aliphatic carbocycles. The Labute approximate surface area is 70.4 Å². The molecule has 10 heavy (non-hydrogen) atoms. The summed E-state index contributed by atoms with van der Waals surface area (Å²) < 4.78 is 0. The molecule has 0 amide bonds. The highest BCUT2D eigenvalue weighted by atomic mass is 31.0. The molecular formula is C9H25P.